The van der Waals surface area contributed by atoms with E-state index in [2.05, 4.69) is 5.32 Å². The van der Waals surface area contributed by atoms with E-state index in [1.807, 2.05) is 37.7 Å². The fourth-order valence-electron chi connectivity index (χ4n) is 1.15. The van der Waals surface area contributed by atoms with E-state index < -0.39 is 0 Å². The minimum atomic E-state index is -0.365. The zero-order valence-corrected chi connectivity index (χ0v) is 8.83. The van der Waals surface area contributed by atoms with E-state index in [9.17, 15) is 4.79 Å². The van der Waals surface area contributed by atoms with Crippen LogP contribution < -0.4 is 5.32 Å². The van der Waals surface area contributed by atoms with Gasteiger partial charge in [0.15, 0.2) is 0 Å². The molecule has 0 radical (unpaired) electrons. The van der Waals surface area contributed by atoms with Crippen LogP contribution in [0.3, 0.4) is 0 Å². The lowest BCUT2D eigenvalue weighted by molar-refractivity contribution is 0.140. The Balaban J connectivity index is 2.46. The maximum atomic E-state index is 11.0. The molecule has 1 amide bonds. The predicted octanol–water partition coefficient (Wildman–Crippen LogP) is 1.58. The number of aryl methyl sites for hydroxylation is 1. The van der Waals surface area contributed by atoms with E-state index in [1.165, 1.54) is 0 Å². The fourth-order valence-corrected chi connectivity index (χ4v) is 1.15. The van der Waals surface area contributed by atoms with Crippen LogP contribution in [0.2, 0.25) is 0 Å². The number of alkyl carbamates (subject to hydrolysis) is 1. The van der Waals surface area contributed by atoms with Gasteiger partial charge >= 0.3 is 6.09 Å². The lowest BCUT2D eigenvalue weighted by Crippen LogP contribution is -2.23. The first-order valence-corrected chi connectivity index (χ1v) is 4.66. The molecule has 0 unspecified atom stereocenters. The molecule has 0 fully saturated rings. The Morgan fingerprint density at radius 1 is 1.64 bits per heavy atom. The van der Waals surface area contributed by atoms with Gasteiger partial charge in [-0.25, -0.2) is 4.79 Å². The van der Waals surface area contributed by atoms with Crippen LogP contribution in [0.5, 0.6) is 0 Å². The molecule has 4 nitrogen and oxygen atoms in total. The number of carbonyl (C=O) groups excluding carboxylic acids is 1. The Morgan fingerprint density at radius 2 is 2.36 bits per heavy atom. The summed E-state index contributed by atoms with van der Waals surface area (Å²) in [4.78, 5) is 11.0. The van der Waals surface area contributed by atoms with Gasteiger partial charge in [-0.3, -0.25) is 0 Å². The van der Waals surface area contributed by atoms with Gasteiger partial charge in [0.25, 0.3) is 0 Å². The minimum absolute atomic E-state index is 0.332. The monoisotopic (exact) mass is 196 g/mol. The van der Waals surface area contributed by atoms with Crippen molar-refractivity contribution in [3.8, 4) is 0 Å². The molecule has 1 N–H and O–H groups in total. The molecule has 0 atom stereocenters. The quantitative estimate of drug-likeness (QED) is 0.797. The number of rotatable bonds is 3. The third-order valence-corrected chi connectivity index (χ3v) is 2.17. The molecule has 0 bridgehead atoms. The number of hydrogen-bond acceptors (Lipinski definition) is 2. The molecule has 0 saturated carbocycles. The first kappa shape index (κ1) is 10.6. The van der Waals surface area contributed by atoms with Crippen LogP contribution in [0, 0.1) is 6.92 Å². The Morgan fingerprint density at radius 3 is 2.86 bits per heavy atom. The summed E-state index contributed by atoms with van der Waals surface area (Å²) in [6.45, 7) is 4.77. The van der Waals surface area contributed by atoms with Gasteiger partial charge in [-0.05, 0) is 19.9 Å². The number of amides is 1. The largest absolute Gasteiger partial charge is 0.445 e. The SMILES string of the molecule is CCNC(=O)OCc1ccn(C)c1C. The minimum Gasteiger partial charge on any atom is -0.445 e. The molecule has 78 valence electrons. The highest BCUT2D eigenvalue weighted by atomic mass is 16.5. The van der Waals surface area contributed by atoms with Crippen LogP contribution in [0.4, 0.5) is 4.79 Å². The lowest BCUT2D eigenvalue weighted by Gasteiger charge is -2.05. The number of nitrogens with one attached hydrogen (secondary N) is 1. The molecular weight excluding hydrogens is 180 g/mol. The standard InChI is InChI=1S/C10H16N2O2/c1-4-11-10(13)14-7-9-5-6-12(3)8(9)2/h5-6H,4,7H2,1-3H3,(H,11,13). The average molecular weight is 196 g/mol. The van der Waals surface area contributed by atoms with Gasteiger partial charge in [-0.2, -0.15) is 0 Å². The summed E-state index contributed by atoms with van der Waals surface area (Å²) in [5.41, 5.74) is 2.16. The van der Waals surface area contributed by atoms with Gasteiger partial charge < -0.3 is 14.6 Å². The summed E-state index contributed by atoms with van der Waals surface area (Å²) in [6.07, 6.45) is 1.59. The Labute approximate surface area is 83.9 Å². The first-order valence-electron chi connectivity index (χ1n) is 4.66. The molecular formula is C10H16N2O2. The van der Waals surface area contributed by atoms with Crippen LogP contribution in [0.1, 0.15) is 18.2 Å². The Bertz CT molecular complexity index is 318. The van der Waals surface area contributed by atoms with Crippen molar-refractivity contribution in [2.75, 3.05) is 6.54 Å². The van der Waals surface area contributed by atoms with E-state index in [1.54, 1.807) is 0 Å². The van der Waals surface area contributed by atoms with Gasteiger partial charge in [0.1, 0.15) is 6.61 Å². The number of hydrogen-bond donors (Lipinski definition) is 1. The molecule has 0 spiro atoms. The molecule has 0 aliphatic carbocycles. The second kappa shape index (κ2) is 4.69. The van der Waals surface area contributed by atoms with E-state index in [0.29, 0.717) is 13.2 Å². The number of nitrogens with zero attached hydrogens (tertiary/aromatic N) is 1. The van der Waals surface area contributed by atoms with Crippen molar-refractivity contribution >= 4 is 6.09 Å². The highest BCUT2D eigenvalue weighted by molar-refractivity contribution is 5.67. The van der Waals surface area contributed by atoms with Crippen LogP contribution in [0.15, 0.2) is 12.3 Å². The van der Waals surface area contributed by atoms with Crippen molar-refractivity contribution in [1.29, 1.82) is 0 Å². The van der Waals surface area contributed by atoms with Crippen LogP contribution in [-0.2, 0) is 18.4 Å². The number of aromatic nitrogens is 1. The third kappa shape index (κ3) is 2.52. The van der Waals surface area contributed by atoms with Gasteiger partial charge in [0, 0.05) is 31.0 Å². The molecule has 14 heavy (non-hydrogen) atoms. The Hall–Kier alpha value is -1.45. The normalized spacial score (nSPS) is 9.93. The molecule has 0 aliphatic rings. The van der Waals surface area contributed by atoms with Crippen molar-refractivity contribution < 1.29 is 9.53 Å². The highest BCUT2D eigenvalue weighted by Crippen LogP contribution is 2.09. The summed E-state index contributed by atoms with van der Waals surface area (Å²) < 4.78 is 7.00. The van der Waals surface area contributed by atoms with Crippen LogP contribution in [-0.4, -0.2) is 17.2 Å². The van der Waals surface area contributed by atoms with E-state index in [-0.39, 0.29) is 6.09 Å². The lowest BCUT2D eigenvalue weighted by atomic mass is 10.3. The van der Waals surface area contributed by atoms with Crippen molar-refractivity contribution in [1.82, 2.24) is 9.88 Å². The van der Waals surface area contributed by atoms with Crippen LogP contribution >= 0.6 is 0 Å². The van der Waals surface area contributed by atoms with Crippen molar-refractivity contribution in [2.45, 2.75) is 20.5 Å². The molecule has 4 heteroatoms. The molecule has 1 heterocycles. The summed E-state index contributed by atoms with van der Waals surface area (Å²) in [5.74, 6) is 0. The highest BCUT2D eigenvalue weighted by Gasteiger charge is 2.05. The maximum absolute atomic E-state index is 11.0. The summed E-state index contributed by atoms with van der Waals surface area (Å²) in [6, 6.07) is 1.95. The van der Waals surface area contributed by atoms with Gasteiger partial charge in [0.05, 0.1) is 0 Å². The fraction of sp³-hybridized carbons (Fsp3) is 0.500. The molecule has 0 saturated heterocycles. The average Bonchev–Trinajstić information content (AvgIpc) is 2.46. The smallest absolute Gasteiger partial charge is 0.407 e. The van der Waals surface area contributed by atoms with Gasteiger partial charge in [0.2, 0.25) is 0 Å². The second-order valence-corrected chi connectivity index (χ2v) is 3.14. The zero-order chi connectivity index (χ0) is 10.6. The van der Waals surface area contributed by atoms with E-state index in [4.69, 9.17) is 4.74 Å². The predicted molar refractivity (Wildman–Crippen MR) is 54.0 cm³/mol. The van der Waals surface area contributed by atoms with E-state index >= 15 is 0 Å². The topological polar surface area (TPSA) is 43.3 Å². The van der Waals surface area contributed by atoms with Crippen LogP contribution in [0.25, 0.3) is 0 Å². The van der Waals surface area contributed by atoms with Gasteiger partial charge in [-0.15, -0.1) is 0 Å². The summed E-state index contributed by atoms with van der Waals surface area (Å²) >= 11 is 0. The summed E-state index contributed by atoms with van der Waals surface area (Å²) in [7, 11) is 1.96. The second-order valence-electron chi connectivity index (χ2n) is 3.14. The zero-order valence-electron chi connectivity index (χ0n) is 8.83. The number of ether oxygens (including phenoxy) is 1. The third-order valence-electron chi connectivity index (χ3n) is 2.17. The maximum Gasteiger partial charge on any atom is 0.407 e. The van der Waals surface area contributed by atoms with Crippen molar-refractivity contribution in [3.63, 3.8) is 0 Å². The molecule has 0 aliphatic heterocycles. The van der Waals surface area contributed by atoms with Crippen molar-refractivity contribution in [2.24, 2.45) is 7.05 Å². The van der Waals surface area contributed by atoms with Gasteiger partial charge in [-0.1, -0.05) is 0 Å². The molecule has 0 aromatic carbocycles. The molecule has 1 rings (SSSR count). The Kier molecular flexibility index (Phi) is 3.56. The first-order chi connectivity index (χ1) is 6.65. The van der Waals surface area contributed by atoms with Crippen molar-refractivity contribution in [3.05, 3.63) is 23.5 Å². The van der Waals surface area contributed by atoms with E-state index in [0.717, 1.165) is 11.3 Å². The molecule has 1 aromatic heterocycles. The molecule has 1 aromatic rings. The number of carbonyl (C=O) groups is 1. The summed E-state index contributed by atoms with van der Waals surface area (Å²) in [5, 5.41) is 2.57.